The van der Waals surface area contributed by atoms with Gasteiger partial charge in [0.2, 0.25) is 0 Å². The summed E-state index contributed by atoms with van der Waals surface area (Å²) in [6.45, 7) is 4.14. The molecule has 1 aliphatic carbocycles. The monoisotopic (exact) mass is 304 g/mol. The zero-order valence-corrected chi connectivity index (χ0v) is 13.1. The molecule has 0 bridgehead atoms. The van der Waals surface area contributed by atoms with Gasteiger partial charge in [-0.3, -0.25) is 9.89 Å². The van der Waals surface area contributed by atoms with Gasteiger partial charge < -0.3 is 10.6 Å². The zero-order chi connectivity index (χ0) is 14.6. The first kappa shape index (κ1) is 13.4. The second-order valence-corrected chi connectivity index (χ2v) is 7.05. The summed E-state index contributed by atoms with van der Waals surface area (Å²) >= 11 is 6.41. The summed E-state index contributed by atoms with van der Waals surface area (Å²) < 4.78 is 0. The van der Waals surface area contributed by atoms with E-state index in [2.05, 4.69) is 21.7 Å². The van der Waals surface area contributed by atoms with Gasteiger partial charge in [-0.05, 0) is 38.3 Å². The number of likely N-dealkylation sites (tertiary alicyclic amines) is 1. The number of anilines is 1. The number of aliphatic imine (C=N–C) groups is 1. The predicted octanol–water partition coefficient (Wildman–Crippen LogP) is 2.47. The molecule has 2 atom stereocenters. The molecular weight excluding hydrogens is 284 g/mol. The second kappa shape index (κ2) is 4.62. The van der Waals surface area contributed by atoms with E-state index in [0.29, 0.717) is 12.0 Å². The quantitative estimate of drug-likeness (QED) is 0.913. The highest BCUT2D eigenvalue weighted by molar-refractivity contribution is 6.34. The van der Waals surface area contributed by atoms with Crippen molar-refractivity contribution in [2.24, 2.45) is 10.7 Å². The Kier molecular flexibility index (Phi) is 2.95. The number of benzene rings is 1. The summed E-state index contributed by atoms with van der Waals surface area (Å²) in [6.07, 6.45) is 3.77. The fourth-order valence-electron chi connectivity index (χ4n) is 4.02. The van der Waals surface area contributed by atoms with E-state index in [0.717, 1.165) is 36.3 Å². The van der Waals surface area contributed by atoms with Crippen LogP contribution in [0.3, 0.4) is 0 Å². The maximum absolute atomic E-state index is 6.41. The highest BCUT2D eigenvalue weighted by Crippen LogP contribution is 2.44. The Morgan fingerprint density at radius 1 is 1.33 bits per heavy atom. The van der Waals surface area contributed by atoms with E-state index in [-0.39, 0.29) is 5.54 Å². The van der Waals surface area contributed by atoms with Crippen molar-refractivity contribution >= 4 is 23.2 Å². The SMILES string of the molecule is CC1CC2(CN=C(N)N2c2ccccc2Cl)CN1C1CC1. The van der Waals surface area contributed by atoms with E-state index in [1.54, 1.807) is 0 Å². The number of rotatable bonds is 2. The van der Waals surface area contributed by atoms with Gasteiger partial charge >= 0.3 is 0 Å². The van der Waals surface area contributed by atoms with Crippen LogP contribution in [-0.2, 0) is 0 Å². The van der Waals surface area contributed by atoms with Gasteiger partial charge in [0.15, 0.2) is 5.96 Å². The number of nitrogens with two attached hydrogens (primary N) is 1. The number of halogens is 1. The van der Waals surface area contributed by atoms with Crippen LogP contribution in [0.1, 0.15) is 26.2 Å². The first-order valence-corrected chi connectivity index (χ1v) is 8.09. The predicted molar refractivity (Wildman–Crippen MR) is 87.0 cm³/mol. The van der Waals surface area contributed by atoms with Crippen LogP contribution in [0.15, 0.2) is 29.3 Å². The van der Waals surface area contributed by atoms with Gasteiger partial charge in [0.1, 0.15) is 0 Å². The first-order valence-electron chi connectivity index (χ1n) is 7.71. The summed E-state index contributed by atoms with van der Waals surface area (Å²) in [4.78, 5) is 9.38. The minimum absolute atomic E-state index is 0.0168. The molecule has 21 heavy (non-hydrogen) atoms. The highest BCUT2D eigenvalue weighted by Gasteiger charge is 2.53. The average molecular weight is 305 g/mol. The van der Waals surface area contributed by atoms with Crippen LogP contribution in [0, 0.1) is 0 Å². The number of hydrogen-bond donors (Lipinski definition) is 1. The van der Waals surface area contributed by atoms with Crippen LogP contribution >= 0.6 is 11.6 Å². The van der Waals surface area contributed by atoms with Crippen molar-refractivity contribution in [2.45, 2.75) is 43.8 Å². The Morgan fingerprint density at radius 2 is 2.10 bits per heavy atom. The number of guanidine groups is 1. The summed E-state index contributed by atoms with van der Waals surface area (Å²) in [5.41, 5.74) is 7.19. The fraction of sp³-hybridized carbons (Fsp3) is 0.562. The van der Waals surface area contributed by atoms with E-state index < -0.39 is 0 Å². The molecule has 3 aliphatic rings. The lowest BCUT2D eigenvalue weighted by Gasteiger charge is -2.36. The number of nitrogens with zero attached hydrogens (tertiary/aromatic N) is 3. The molecule has 4 nitrogen and oxygen atoms in total. The summed E-state index contributed by atoms with van der Waals surface area (Å²) in [6, 6.07) is 9.29. The third-order valence-corrected chi connectivity index (χ3v) is 5.39. The van der Waals surface area contributed by atoms with Crippen LogP contribution in [0.25, 0.3) is 0 Å². The molecule has 1 aromatic carbocycles. The second-order valence-electron chi connectivity index (χ2n) is 6.64. The average Bonchev–Trinajstić information content (AvgIpc) is 3.18. The van der Waals surface area contributed by atoms with E-state index in [4.69, 9.17) is 17.3 Å². The molecule has 4 rings (SSSR count). The largest absolute Gasteiger partial charge is 0.369 e. The molecule has 0 amide bonds. The first-order chi connectivity index (χ1) is 10.1. The zero-order valence-electron chi connectivity index (χ0n) is 12.3. The minimum Gasteiger partial charge on any atom is -0.369 e. The molecule has 2 unspecified atom stereocenters. The van der Waals surface area contributed by atoms with Gasteiger partial charge in [0.25, 0.3) is 0 Å². The topological polar surface area (TPSA) is 44.9 Å². The Labute approximate surface area is 130 Å². The van der Waals surface area contributed by atoms with E-state index in [1.165, 1.54) is 12.8 Å². The van der Waals surface area contributed by atoms with Crippen LogP contribution in [0.2, 0.25) is 5.02 Å². The van der Waals surface area contributed by atoms with Crippen molar-refractivity contribution in [3.8, 4) is 0 Å². The molecule has 2 fully saturated rings. The summed E-state index contributed by atoms with van der Waals surface area (Å²) in [7, 11) is 0. The third-order valence-electron chi connectivity index (χ3n) is 5.07. The third kappa shape index (κ3) is 2.04. The van der Waals surface area contributed by atoms with Crippen molar-refractivity contribution in [2.75, 3.05) is 18.0 Å². The molecule has 0 aromatic heterocycles. The molecule has 1 saturated carbocycles. The van der Waals surface area contributed by atoms with Gasteiger partial charge in [-0.15, -0.1) is 0 Å². The van der Waals surface area contributed by atoms with Gasteiger partial charge in [-0.25, -0.2) is 0 Å². The van der Waals surface area contributed by atoms with E-state index in [9.17, 15) is 0 Å². The lowest BCUT2D eigenvalue weighted by molar-refractivity contribution is 0.251. The molecule has 2 heterocycles. The van der Waals surface area contributed by atoms with Crippen molar-refractivity contribution in [1.29, 1.82) is 0 Å². The number of para-hydroxylation sites is 1. The van der Waals surface area contributed by atoms with Gasteiger partial charge in [-0.2, -0.15) is 0 Å². The molecule has 2 N–H and O–H groups in total. The molecule has 1 saturated heterocycles. The van der Waals surface area contributed by atoms with Crippen LogP contribution < -0.4 is 10.6 Å². The molecule has 1 spiro atoms. The van der Waals surface area contributed by atoms with Crippen LogP contribution in [0.5, 0.6) is 0 Å². The van der Waals surface area contributed by atoms with Gasteiger partial charge in [0.05, 0.1) is 22.8 Å². The normalized spacial score (nSPS) is 33.0. The van der Waals surface area contributed by atoms with Crippen molar-refractivity contribution in [1.82, 2.24) is 4.90 Å². The fourth-order valence-corrected chi connectivity index (χ4v) is 4.24. The summed E-state index contributed by atoms with van der Waals surface area (Å²) in [5, 5.41) is 0.745. The maximum atomic E-state index is 6.41. The van der Waals surface area contributed by atoms with E-state index >= 15 is 0 Å². The van der Waals surface area contributed by atoms with Crippen molar-refractivity contribution in [3.63, 3.8) is 0 Å². The number of hydrogen-bond acceptors (Lipinski definition) is 4. The molecule has 0 radical (unpaired) electrons. The molecular formula is C16H21ClN4. The van der Waals surface area contributed by atoms with Crippen LogP contribution in [0.4, 0.5) is 5.69 Å². The van der Waals surface area contributed by atoms with Gasteiger partial charge in [0, 0.05) is 18.6 Å². The molecule has 1 aromatic rings. The lowest BCUT2D eigenvalue weighted by atomic mass is 9.94. The Bertz CT molecular complexity index is 598. The lowest BCUT2D eigenvalue weighted by Crippen LogP contribution is -2.54. The van der Waals surface area contributed by atoms with Crippen molar-refractivity contribution < 1.29 is 0 Å². The Balaban J connectivity index is 1.71. The highest BCUT2D eigenvalue weighted by atomic mass is 35.5. The van der Waals surface area contributed by atoms with E-state index in [1.807, 2.05) is 24.3 Å². The Hall–Kier alpha value is -1.26. The minimum atomic E-state index is -0.0168. The van der Waals surface area contributed by atoms with Crippen LogP contribution in [-0.4, -0.2) is 41.6 Å². The molecule has 2 aliphatic heterocycles. The maximum Gasteiger partial charge on any atom is 0.196 e. The smallest absolute Gasteiger partial charge is 0.196 e. The Morgan fingerprint density at radius 3 is 2.81 bits per heavy atom. The molecule has 5 heteroatoms. The summed E-state index contributed by atoms with van der Waals surface area (Å²) in [5.74, 6) is 0.605. The van der Waals surface area contributed by atoms with Gasteiger partial charge in [-0.1, -0.05) is 23.7 Å². The molecule has 112 valence electrons. The standard InChI is InChI=1S/C16H21ClN4/c1-11-8-16(10-20(11)12-6-7-12)9-19-15(18)21(16)14-5-3-2-4-13(14)17/h2-5,11-12H,6-10H2,1H3,(H2,18,19). The van der Waals surface area contributed by atoms with Crippen molar-refractivity contribution in [3.05, 3.63) is 29.3 Å².